The Morgan fingerprint density at radius 2 is 2.19 bits per heavy atom. The molecule has 0 aliphatic carbocycles. The number of sulfonamides is 1. The van der Waals surface area contributed by atoms with Gasteiger partial charge in [-0.15, -0.1) is 0 Å². The molecule has 1 aliphatic rings. The van der Waals surface area contributed by atoms with Crippen LogP contribution in [0.2, 0.25) is 5.02 Å². The third-order valence-electron chi connectivity index (χ3n) is 3.43. The largest absolute Gasteiger partial charge is 0.478 e. The second-order valence-electron chi connectivity index (χ2n) is 5.17. The smallest absolute Gasteiger partial charge is 0.337 e. The molecule has 8 heteroatoms. The maximum atomic E-state index is 12.3. The lowest BCUT2D eigenvalue weighted by atomic mass is 10.1. The Bertz CT molecular complexity index is 648. The predicted octanol–water partition coefficient (Wildman–Crippen LogP) is 1.41. The van der Waals surface area contributed by atoms with Crippen molar-refractivity contribution in [3.63, 3.8) is 0 Å². The fourth-order valence-electron chi connectivity index (χ4n) is 2.39. The van der Waals surface area contributed by atoms with Gasteiger partial charge in [0.2, 0.25) is 10.0 Å². The highest BCUT2D eigenvalue weighted by Gasteiger charge is 2.24. The van der Waals surface area contributed by atoms with Gasteiger partial charge in [0, 0.05) is 12.6 Å². The molecular weight excluding hydrogens is 316 g/mol. The van der Waals surface area contributed by atoms with E-state index in [-0.39, 0.29) is 21.5 Å². The summed E-state index contributed by atoms with van der Waals surface area (Å²) in [6, 6.07) is 3.47. The number of rotatable bonds is 4. The molecule has 0 amide bonds. The summed E-state index contributed by atoms with van der Waals surface area (Å²) >= 11 is 5.82. The zero-order valence-electron chi connectivity index (χ0n) is 11.5. The summed E-state index contributed by atoms with van der Waals surface area (Å²) < 4.78 is 27.3. The molecule has 1 heterocycles. The molecular formula is C13H17ClN2O4S. The average molecular weight is 333 g/mol. The Morgan fingerprint density at radius 3 is 2.76 bits per heavy atom. The van der Waals surface area contributed by atoms with Crippen LogP contribution in [0, 0.1) is 0 Å². The molecule has 1 saturated heterocycles. The number of nitrogens with zero attached hydrogens (tertiary/aromatic N) is 1. The minimum atomic E-state index is -3.70. The number of hydrogen-bond acceptors (Lipinski definition) is 4. The molecule has 0 saturated carbocycles. The summed E-state index contributed by atoms with van der Waals surface area (Å²) in [7, 11) is -1.76. The van der Waals surface area contributed by atoms with E-state index in [0.717, 1.165) is 19.4 Å². The van der Waals surface area contributed by atoms with E-state index in [9.17, 15) is 13.2 Å². The lowest BCUT2D eigenvalue weighted by molar-refractivity contribution is 0.0697. The van der Waals surface area contributed by atoms with Crippen molar-refractivity contribution in [2.75, 3.05) is 20.1 Å². The summed E-state index contributed by atoms with van der Waals surface area (Å²) in [6.45, 7) is 1.61. The van der Waals surface area contributed by atoms with Gasteiger partial charge in [0.15, 0.2) is 0 Å². The monoisotopic (exact) mass is 332 g/mol. The number of nitrogens with one attached hydrogen (secondary N) is 1. The zero-order valence-corrected chi connectivity index (χ0v) is 13.1. The predicted molar refractivity (Wildman–Crippen MR) is 79.3 cm³/mol. The highest BCUT2D eigenvalue weighted by Crippen LogP contribution is 2.21. The Balaban J connectivity index is 2.19. The molecule has 1 atom stereocenters. The van der Waals surface area contributed by atoms with Crippen LogP contribution in [0.1, 0.15) is 23.2 Å². The van der Waals surface area contributed by atoms with Crippen molar-refractivity contribution in [1.29, 1.82) is 0 Å². The zero-order chi connectivity index (χ0) is 15.6. The molecule has 0 bridgehead atoms. The van der Waals surface area contributed by atoms with Crippen molar-refractivity contribution in [2.45, 2.75) is 23.8 Å². The van der Waals surface area contributed by atoms with Crippen LogP contribution in [-0.4, -0.2) is 50.6 Å². The fourth-order valence-corrected chi connectivity index (χ4v) is 4.00. The molecule has 2 rings (SSSR count). The Kier molecular flexibility index (Phi) is 4.88. The molecule has 1 aliphatic heterocycles. The summed E-state index contributed by atoms with van der Waals surface area (Å²) in [4.78, 5) is 12.9. The average Bonchev–Trinajstić information content (AvgIpc) is 2.37. The molecule has 0 radical (unpaired) electrons. The number of aromatic carboxylic acids is 1. The second kappa shape index (κ2) is 6.31. The SMILES string of the molecule is CN1CCCC(NS(=O)(=O)c2ccc(C(=O)O)c(Cl)c2)C1. The number of hydrogen-bond donors (Lipinski definition) is 2. The van der Waals surface area contributed by atoms with E-state index in [1.807, 2.05) is 7.05 Å². The minimum absolute atomic E-state index is 0.0225. The number of carboxylic acids is 1. The van der Waals surface area contributed by atoms with E-state index in [0.29, 0.717) is 6.54 Å². The second-order valence-corrected chi connectivity index (χ2v) is 7.29. The third kappa shape index (κ3) is 3.94. The minimum Gasteiger partial charge on any atom is -0.478 e. The normalized spacial score (nSPS) is 20.4. The number of carbonyl (C=O) groups is 1. The van der Waals surface area contributed by atoms with Crippen LogP contribution in [0.15, 0.2) is 23.1 Å². The lowest BCUT2D eigenvalue weighted by Gasteiger charge is -2.30. The first-order valence-electron chi connectivity index (χ1n) is 6.53. The molecule has 1 aromatic carbocycles. The number of carboxylic acid groups (broad SMARTS) is 1. The Labute approximate surface area is 128 Å². The molecule has 2 N–H and O–H groups in total. The number of benzene rings is 1. The molecule has 116 valence electrons. The first kappa shape index (κ1) is 16.2. The van der Waals surface area contributed by atoms with Crippen LogP contribution in [0.3, 0.4) is 0 Å². The maximum Gasteiger partial charge on any atom is 0.337 e. The van der Waals surface area contributed by atoms with Crippen molar-refractivity contribution in [3.8, 4) is 0 Å². The first-order valence-corrected chi connectivity index (χ1v) is 8.39. The Hall–Kier alpha value is -1.15. The van der Waals surface area contributed by atoms with Gasteiger partial charge >= 0.3 is 5.97 Å². The summed E-state index contributed by atoms with van der Waals surface area (Å²) in [6.07, 6.45) is 1.72. The van der Waals surface area contributed by atoms with E-state index in [4.69, 9.17) is 16.7 Å². The molecule has 0 aromatic heterocycles. The topological polar surface area (TPSA) is 86.7 Å². The van der Waals surface area contributed by atoms with E-state index in [2.05, 4.69) is 9.62 Å². The van der Waals surface area contributed by atoms with Crippen LogP contribution in [0.4, 0.5) is 0 Å². The van der Waals surface area contributed by atoms with Gasteiger partial charge in [-0.1, -0.05) is 11.6 Å². The summed E-state index contributed by atoms with van der Waals surface area (Å²) in [5.74, 6) is -1.19. The van der Waals surface area contributed by atoms with Crippen LogP contribution in [0.25, 0.3) is 0 Å². The standard InChI is InChI=1S/C13H17ClN2O4S/c1-16-6-2-3-9(8-16)15-21(19,20)10-4-5-11(13(17)18)12(14)7-10/h4-5,7,9,15H,2-3,6,8H2,1H3,(H,17,18). The van der Waals surface area contributed by atoms with E-state index in [1.165, 1.54) is 18.2 Å². The molecule has 6 nitrogen and oxygen atoms in total. The third-order valence-corrected chi connectivity index (χ3v) is 5.26. The van der Waals surface area contributed by atoms with E-state index < -0.39 is 16.0 Å². The number of halogens is 1. The van der Waals surface area contributed by atoms with Crippen molar-refractivity contribution in [1.82, 2.24) is 9.62 Å². The molecule has 1 aromatic rings. The van der Waals surface area contributed by atoms with Gasteiger partial charge in [0.05, 0.1) is 15.5 Å². The van der Waals surface area contributed by atoms with Gasteiger partial charge in [-0.25, -0.2) is 17.9 Å². The van der Waals surface area contributed by atoms with Crippen LogP contribution in [0.5, 0.6) is 0 Å². The maximum absolute atomic E-state index is 12.3. The number of likely N-dealkylation sites (tertiary alicyclic amines) is 1. The van der Waals surface area contributed by atoms with Crippen molar-refractivity contribution in [3.05, 3.63) is 28.8 Å². The van der Waals surface area contributed by atoms with Crippen LogP contribution in [-0.2, 0) is 10.0 Å². The molecule has 1 fully saturated rings. The number of likely N-dealkylation sites (N-methyl/N-ethyl adjacent to an activating group) is 1. The van der Waals surface area contributed by atoms with Crippen LogP contribution >= 0.6 is 11.6 Å². The van der Waals surface area contributed by atoms with Crippen LogP contribution < -0.4 is 4.72 Å². The summed E-state index contributed by atoms with van der Waals surface area (Å²) in [5.41, 5.74) is -0.118. The number of piperidine rings is 1. The molecule has 21 heavy (non-hydrogen) atoms. The van der Waals surface area contributed by atoms with Gasteiger partial charge in [-0.2, -0.15) is 0 Å². The van der Waals surface area contributed by atoms with Gasteiger partial charge in [0.1, 0.15) is 0 Å². The first-order chi connectivity index (χ1) is 9.79. The fraction of sp³-hybridized carbons (Fsp3) is 0.462. The quantitative estimate of drug-likeness (QED) is 0.870. The Morgan fingerprint density at radius 1 is 1.48 bits per heavy atom. The lowest BCUT2D eigenvalue weighted by Crippen LogP contribution is -2.46. The highest BCUT2D eigenvalue weighted by atomic mass is 35.5. The molecule has 1 unspecified atom stereocenters. The van der Waals surface area contributed by atoms with Gasteiger partial charge in [-0.3, -0.25) is 0 Å². The van der Waals surface area contributed by atoms with Crippen molar-refractivity contribution < 1.29 is 18.3 Å². The van der Waals surface area contributed by atoms with E-state index in [1.54, 1.807) is 0 Å². The van der Waals surface area contributed by atoms with Crippen molar-refractivity contribution >= 4 is 27.6 Å². The van der Waals surface area contributed by atoms with Gasteiger partial charge in [-0.05, 0) is 44.6 Å². The van der Waals surface area contributed by atoms with Gasteiger partial charge < -0.3 is 10.0 Å². The molecule has 0 spiro atoms. The highest BCUT2D eigenvalue weighted by molar-refractivity contribution is 7.89. The summed E-state index contributed by atoms with van der Waals surface area (Å²) in [5, 5.41) is 8.80. The van der Waals surface area contributed by atoms with Crippen molar-refractivity contribution in [2.24, 2.45) is 0 Å². The van der Waals surface area contributed by atoms with E-state index >= 15 is 0 Å². The van der Waals surface area contributed by atoms with Gasteiger partial charge in [0.25, 0.3) is 0 Å².